The minimum absolute atomic E-state index is 0.111. The topological polar surface area (TPSA) is 267 Å². The van der Waals surface area contributed by atoms with Gasteiger partial charge in [-0.25, -0.2) is 4.79 Å². The first-order valence-corrected chi connectivity index (χ1v) is 11.0. The second kappa shape index (κ2) is 13.0. The molecule has 1 aromatic carbocycles. The third-order valence-corrected chi connectivity index (χ3v) is 5.30. The summed E-state index contributed by atoms with van der Waals surface area (Å²) >= 11 is 0. The van der Waals surface area contributed by atoms with Crippen LogP contribution < -0.4 is 27.4 Å². The number of aromatic amines is 1. The summed E-state index contributed by atoms with van der Waals surface area (Å²) in [5.41, 5.74) is 11.9. The fourth-order valence-corrected chi connectivity index (χ4v) is 3.42. The standard InChI is InChI=1S/C22H28N6O9/c23-12(9-29)19(33)26-14(5-10-8-25-13-4-2-1-3-11(10)13)20(34)27-15(7-18(31)32)21(35)28-16(22(36)37)6-17(24)30/h1-4,8,12,14-16,25,29H,5-7,9,23H2,(H2,24,30)(H,26,33)(H,27,34)(H,28,35)(H,31,32)(H,36,37). The maximum absolute atomic E-state index is 13.1. The summed E-state index contributed by atoms with van der Waals surface area (Å²) < 4.78 is 0. The largest absolute Gasteiger partial charge is 0.481 e. The molecule has 0 saturated heterocycles. The Morgan fingerprint density at radius 3 is 2.05 bits per heavy atom. The first-order chi connectivity index (χ1) is 17.4. The number of aliphatic hydroxyl groups excluding tert-OH is 1. The zero-order valence-corrected chi connectivity index (χ0v) is 19.5. The summed E-state index contributed by atoms with van der Waals surface area (Å²) in [6, 6.07) is 0.835. The van der Waals surface area contributed by atoms with Gasteiger partial charge >= 0.3 is 11.9 Å². The Hall–Kier alpha value is -4.50. The van der Waals surface area contributed by atoms with Gasteiger partial charge < -0.3 is 47.7 Å². The predicted octanol–water partition coefficient (Wildman–Crippen LogP) is -3.08. The molecule has 4 amide bonds. The molecule has 2 aromatic rings. The molecule has 0 aliphatic carbocycles. The molecule has 15 heteroatoms. The Kier molecular flexibility index (Phi) is 10.1. The van der Waals surface area contributed by atoms with E-state index < -0.39 is 79.2 Å². The molecule has 15 nitrogen and oxygen atoms in total. The zero-order valence-electron chi connectivity index (χ0n) is 19.5. The van der Waals surface area contributed by atoms with E-state index in [0.717, 1.165) is 10.9 Å². The molecule has 0 bridgehead atoms. The molecule has 0 radical (unpaired) electrons. The highest BCUT2D eigenvalue weighted by atomic mass is 16.4. The van der Waals surface area contributed by atoms with E-state index in [0.29, 0.717) is 5.56 Å². The number of hydrogen-bond acceptors (Lipinski definition) is 8. The molecule has 0 aliphatic heterocycles. The molecular formula is C22H28N6O9. The van der Waals surface area contributed by atoms with Gasteiger partial charge in [0.1, 0.15) is 24.2 Å². The third kappa shape index (κ3) is 8.29. The number of carboxylic acid groups (broad SMARTS) is 2. The van der Waals surface area contributed by atoms with Gasteiger partial charge in [-0.3, -0.25) is 24.0 Å². The second-order valence-corrected chi connectivity index (χ2v) is 8.14. The summed E-state index contributed by atoms with van der Waals surface area (Å²) in [6.45, 7) is -0.715. The molecule has 0 spiro atoms. The Labute approximate surface area is 209 Å². The lowest BCUT2D eigenvalue weighted by molar-refractivity contribution is -0.144. The maximum Gasteiger partial charge on any atom is 0.326 e. The summed E-state index contributed by atoms with van der Waals surface area (Å²) in [5.74, 6) is -7.19. The molecule has 4 atom stereocenters. The molecule has 0 aliphatic rings. The van der Waals surface area contributed by atoms with E-state index in [1.54, 1.807) is 30.5 Å². The number of fused-ring (bicyclic) bond motifs is 1. The van der Waals surface area contributed by atoms with Gasteiger partial charge in [-0.15, -0.1) is 0 Å². The quantitative estimate of drug-likeness (QED) is 0.121. The molecule has 0 fully saturated rings. The smallest absolute Gasteiger partial charge is 0.326 e. The van der Waals surface area contributed by atoms with Gasteiger partial charge in [0.25, 0.3) is 0 Å². The van der Waals surface area contributed by atoms with E-state index in [1.165, 1.54) is 0 Å². The van der Waals surface area contributed by atoms with Crippen molar-refractivity contribution < 1.29 is 44.1 Å². The lowest BCUT2D eigenvalue weighted by atomic mass is 10.0. The number of aliphatic hydroxyl groups is 1. The van der Waals surface area contributed by atoms with Gasteiger partial charge in [-0.05, 0) is 11.6 Å². The van der Waals surface area contributed by atoms with Crippen LogP contribution in [-0.2, 0) is 35.2 Å². The van der Waals surface area contributed by atoms with Crippen LogP contribution in [0.2, 0.25) is 0 Å². The number of H-pyrrole nitrogens is 1. The number of para-hydroxylation sites is 1. The van der Waals surface area contributed by atoms with E-state index in [-0.39, 0.29) is 6.42 Å². The number of aliphatic carboxylic acids is 2. The SMILES string of the molecule is NC(=O)CC(NC(=O)C(CC(=O)O)NC(=O)C(Cc1c[nH]c2ccccc12)NC(=O)C(N)CO)C(=O)O. The van der Waals surface area contributed by atoms with Crippen LogP contribution in [0.1, 0.15) is 18.4 Å². The van der Waals surface area contributed by atoms with E-state index >= 15 is 0 Å². The number of benzene rings is 1. The highest BCUT2D eigenvalue weighted by Crippen LogP contribution is 2.19. The van der Waals surface area contributed by atoms with Gasteiger partial charge in [0.2, 0.25) is 23.6 Å². The average Bonchev–Trinajstić information content (AvgIpc) is 3.24. The highest BCUT2D eigenvalue weighted by molar-refractivity contribution is 5.96. The number of nitrogens with one attached hydrogen (secondary N) is 4. The van der Waals surface area contributed by atoms with Crippen molar-refractivity contribution in [1.29, 1.82) is 0 Å². The summed E-state index contributed by atoms with van der Waals surface area (Å²) in [6.07, 6.45) is -0.218. The Bertz CT molecular complexity index is 1180. The van der Waals surface area contributed by atoms with Crippen LogP contribution in [0.15, 0.2) is 30.5 Å². The Morgan fingerprint density at radius 1 is 0.865 bits per heavy atom. The number of nitrogens with two attached hydrogens (primary N) is 2. The van der Waals surface area contributed by atoms with Gasteiger partial charge in [-0.1, -0.05) is 18.2 Å². The molecular weight excluding hydrogens is 492 g/mol. The van der Waals surface area contributed by atoms with Crippen LogP contribution in [-0.4, -0.2) is 86.6 Å². The first-order valence-electron chi connectivity index (χ1n) is 11.0. The molecule has 4 unspecified atom stereocenters. The monoisotopic (exact) mass is 520 g/mol. The molecule has 0 saturated carbocycles. The normalized spacial score (nSPS) is 14.1. The van der Waals surface area contributed by atoms with Gasteiger partial charge in [0.05, 0.1) is 19.4 Å². The van der Waals surface area contributed by atoms with Crippen LogP contribution in [0.25, 0.3) is 10.9 Å². The first kappa shape index (κ1) is 28.7. The average molecular weight is 520 g/mol. The fourth-order valence-electron chi connectivity index (χ4n) is 3.42. The Morgan fingerprint density at radius 2 is 1.46 bits per heavy atom. The van der Waals surface area contributed by atoms with E-state index in [2.05, 4.69) is 15.6 Å². The molecule has 11 N–H and O–H groups in total. The summed E-state index contributed by atoms with van der Waals surface area (Å²) in [7, 11) is 0. The van der Waals surface area contributed by atoms with Crippen molar-refractivity contribution in [3.8, 4) is 0 Å². The van der Waals surface area contributed by atoms with Crippen LogP contribution >= 0.6 is 0 Å². The zero-order chi connectivity index (χ0) is 27.7. The number of aromatic nitrogens is 1. The van der Waals surface area contributed by atoms with Crippen molar-refractivity contribution in [3.05, 3.63) is 36.0 Å². The summed E-state index contributed by atoms with van der Waals surface area (Å²) in [4.78, 5) is 74.9. The van der Waals surface area contributed by atoms with E-state index in [9.17, 15) is 44.1 Å². The van der Waals surface area contributed by atoms with Crippen LogP contribution in [0.3, 0.4) is 0 Å². The molecule has 200 valence electrons. The molecule has 1 heterocycles. The third-order valence-electron chi connectivity index (χ3n) is 5.30. The van der Waals surface area contributed by atoms with Crippen LogP contribution in [0.5, 0.6) is 0 Å². The van der Waals surface area contributed by atoms with Crippen molar-refractivity contribution in [2.75, 3.05) is 6.61 Å². The molecule has 1 aromatic heterocycles. The molecule has 2 rings (SSSR count). The van der Waals surface area contributed by atoms with Gasteiger partial charge in [0.15, 0.2) is 0 Å². The minimum atomic E-state index is -1.77. The van der Waals surface area contributed by atoms with Crippen LogP contribution in [0.4, 0.5) is 0 Å². The van der Waals surface area contributed by atoms with Crippen molar-refractivity contribution in [2.24, 2.45) is 11.5 Å². The van der Waals surface area contributed by atoms with E-state index in [4.69, 9.17) is 11.5 Å². The Balaban J connectivity index is 2.30. The number of carbonyl (C=O) groups is 6. The lowest BCUT2D eigenvalue weighted by Gasteiger charge is -2.24. The van der Waals surface area contributed by atoms with Gasteiger partial charge in [0, 0.05) is 23.5 Å². The van der Waals surface area contributed by atoms with E-state index in [1.807, 2.05) is 5.32 Å². The maximum atomic E-state index is 13.1. The number of hydrogen-bond donors (Lipinski definition) is 9. The lowest BCUT2D eigenvalue weighted by Crippen LogP contribution is -2.58. The highest BCUT2D eigenvalue weighted by Gasteiger charge is 2.32. The van der Waals surface area contributed by atoms with Gasteiger partial charge in [-0.2, -0.15) is 0 Å². The van der Waals surface area contributed by atoms with Crippen molar-refractivity contribution >= 4 is 46.5 Å². The fraction of sp³-hybridized carbons (Fsp3) is 0.364. The van der Waals surface area contributed by atoms with Crippen LogP contribution in [0, 0.1) is 0 Å². The number of primary amides is 1. The number of carbonyl (C=O) groups excluding carboxylic acids is 4. The molecule has 37 heavy (non-hydrogen) atoms. The number of amides is 4. The predicted molar refractivity (Wildman–Crippen MR) is 127 cm³/mol. The van der Waals surface area contributed by atoms with Crippen molar-refractivity contribution in [3.63, 3.8) is 0 Å². The van der Waals surface area contributed by atoms with Crippen molar-refractivity contribution in [1.82, 2.24) is 20.9 Å². The minimum Gasteiger partial charge on any atom is -0.481 e. The van der Waals surface area contributed by atoms with Crippen molar-refractivity contribution in [2.45, 2.75) is 43.4 Å². The number of rotatable bonds is 14. The number of carboxylic acids is 2. The second-order valence-electron chi connectivity index (χ2n) is 8.14. The summed E-state index contributed by atoms with van der Waals surface area (Å²) in [5, 5.41) is 34.9.